The van der Waals surface area contributed by atoms with Crippen LogP contribution in [-0.4, -0.2) is 17.0 Å². The van der Waals surface area contributed by atoms with Gasteiger partial charge in [0.25, 0.3) is 5.91 Å². The zero-order chi connectivity index (χ0) is 13.1. The molecule has 6 heteroatoms. The number of halogens is 1. The van der Waals surface area contributed by atoms with Gasteiger partial charge in [0, 0.05) is 5.69 Å². The van der Waals surface area contributed by atoms with Crippen LogP contribution in [0.4, 0.5) is 10.1 Å². The maximum absolute atomic E-state index is 13.1. The van der Waals surface area contributed by atoms with Crippen molar-refractivity contribution in [3.63, 3.8) is 0 Å². The van der Waals surface area contributed by atoms with Crippen LogP contribution in [0.2, 0.25) is 0 Å². The number of benzene rings is 1. The quantitative estimate of drug-likeness (QED) is 0.875. The third-order valence-electron chi connectivity index (χ3n) is 2.20. The molecule has 0 aliphatic carbocycles. The number of hydrogen-bond donors (Lipinski definition) is 2. The summed E-state index contributed by atoms with van der Waals surface area (Å²) in [6.45, 7) is 0. The van der Waals surface area contributed by atoms with Crippen LogP contribution in [0.3, 0.4) is 0 Å². The molecule has 0 atom stereocenters. The summed E-state index contributed by atoms with van der Waals surface area (Å²) in [5, 5.41) is 11.1. The molecule has 0 spiro atoms. The lowest BCUT2D eigenvalue weighted by molar-refractivity contribution is 0.0691. The number of furan rings is 1. The second kappa shape index (κ2) is 4.70. The summed E-state index contributed by atoms with van der Waals surface area (Å²) in [7, 11) is 0. The Morgan fingerprint density at radius 2 is 2.06 bits per heavy atom. The third kappa shape index (κ3) is 2.37. The van der Waals surface area contributed by atoms with Gasteiger partial charge in [0.2, 0.25) is 0 Å². The Morgan fingerprint density at radius 1 is 1.28 bits per heavy atom. The fourth-order valence-electron chi connectivity index (χ4n) is 1.37. The fourth-order valence-corrected chi connectivity index (χ4v) is 1.37. The molecule has 0 aliphatic heterocycles. The van der Waals surface area contributed by atoms with Crippen LogP contribution in [-0.2, 0) is 0 Å². The maximum Gasteiger partial charge on any atom is 0.338 e. The van der Waals surface area contributed by atoms with Crippen molar-refractivity contribution < 1.29 is 23.5 Å². The second-order valence-corrected chi connectivity index (χ2v) is 3.43. The lowest BCUT2D eigenvalue weighted by Gasteiger charge is -2.04. The largest absolute Gasteiger partial charge is 0.478 e. The van der Waals surface area contributed by atoms with Crippen molar-refractivity contribution in [2.75, 3.05) is 5.32 Å². The molecule has 0 radical (unpaired) electrons. The van der Waals surface area contributed by atoms with Crippen LogP contribution in [0.5, 0.6) is 0 Å². The number of anilines is 1. The van der Waals surface area contributed by atoms with Gasteiger partial charge in [-0.15, -0.1) is 0 Å². The van der Waals surface area contributed by atoms with Gasteiger partial charge >= 0.3 is 5.97 Å². The van der Waals surface area contributed by atoms with Crippen LogP contribution < -0.4 is 5.32 Å². The van der Waals surface area contributed by atoms with Crippen molar-refractivity contribution in [2.45, 2.75) is 0 Å². The Balaban J connectivity index is 2.22. The topological polar surface area (TPSA) is 79.5 Å². The normalized spacial score (nSPS) is 10.1. The van der Waals surface area contributed by atoms with Gasteiger partial charge in [0.1, 0.15) is 5.82 Å². The van der Waals surface area contributed by atoms with E-state index in [1.54, 1.807) is 6.07 Å². The number of nitrogens with one attached hydrogen (secondary N) is 1. The van der Waals surface area contributed by atoms with E-state index in [1.165, 1.54) is 18.4 Å². The summed E-state index contributed by atoms with van der Waals surface area (Å²) in [4.78, 5) is 22.3. The number of carbonyl (C=O) groups is 2. The average molecular weight is 249 g/mol. The standard InChI is InChI=1S/C12H8FNO4/c13-9-4-3-7(6-8(9)12(16)17)14-11(15)10-2-1-5-18-10/h1-6H,(H,14,15)(H,16,17). The number of carbonyl (C=O) groups excluding carboxylic acids is 1. The molecule has 1 aromatic heterocycles. The van der Waals surface area contributed by atoms with Crippen molar-refractivity contribution in [1.29, 1.82) is 0 Å². The van der Waals surface area contributed by atoms with Crippen molar-refractivity contribution in [3.8, 4) is 0 Å². The first kappa shape index (κ1) is 11.8. The van der Waals surface area contributed by atoms with Gasteiger partial charge in [-0.1, -0.05) is 0 Å². The predicted octanol–water partition coefficient (Wildman–Crippen LogP) is 2.37. The van der Waals surface area contributed by atoms with Crippen LogP contribution in [0, 0.1) is 5.82 Å². The average Bonchev–Trinajstić information content (AvgIpc) is 2.85. The minimum absolute atomic E-state index is 0.0798. The van der Waals surface area contributed by atoms with E-state index in [9.17, 15) is 14.0 Å². The van der Waals surface area contributed by atoms with E-state index in [2.05, 4.69) is 5.32 Å². The number of hydrogen-bond acceptors (Lipinski definition) is 3. The molecule has 5 nitrogen and oxygen atoms in total. The highest BCUT2D eigenvalue weighted by molar-refractivity contribution is 6.02. The van der Waals surface area contributed by atoms with Crippen molar-refractivity contribution in [1.82, 2.24) is 0 Å². The smallest absolute Gasteiger partial charge is 0.338 e. The lowest BCUT2D eigenvalue weighted by atomic mass is 10.2. The zero-order valence-corrected chi connectivity index (χ0v) is 9.01. The molecule has 92 valence electrons. The summed E-state index contributed by atoms with van der Waals surface area (Å²) < 4.78 is 18.0. The molecule has 0 unspecified atom stereocenters. The van der Waals surface area contributed by atoms with Crippen molar-refractivity contribution in [3.05, 3.63) is 53.7 Å². The number of aromatic carboxylic acids is 1. The first-order valence-corrected chi connectivity index (χ1v) is 4.95. The molecule has 2 rings (SSSR count). The monoisotopic (exact) mass is 249 g/mol. The Hall–Kier alpha value is -2.63. The minimum atomic E-state index is -1.40. The molecule has 2 aromatic rings. The number of rotatable bonds is 3. The second-order valence-electron chi connectivity index (χ2n) is 3.43. The molecule has 2 N–H and O–H groups in total. The van der Waals surface area contributed by atoms with Gasteiger partial charge in [0.15, 0.2) is 5.76 Å². The molecular weight excluding hydrogens is 241 g/mol. The number of carboxylic acid groups (broad SMARTS) is 1. The van der Waals surface area contributed by atoms with Gasteiger partial charge in [0.05, 0.1) is 11.8 Å². The predicted molar refractivity (Wildman–Crippen MR) is 60.0 cm³/mol. The summed E-state index contributed by atoms with van der Waals surface area (Å²) in [5.74, 6) is -2.72. The van der Waals surface area contributed by atoms with Crippen LogP contribution >= 0.6 is 0 Å². The molecule has 1 aromatic carbocycles. The highest BCUT2D eigenvalue weighted by Gasteiger charge is 2.13. The van der Waals surface area contributed by atoms with E-state index in [-0.39, 0.29) is 11.4 Å². The molecule has 18 heavy (non-hydrogen) atoms. The minimum Gasteiger partial charge on any atom is -0.478 e. The highest BCUT2D eigenvalue weighted by atomic mass is 19.1. The Labute approximate surface area is 101 Å². The van der Waals surface area contributed by atoms with Crippen LogP contribution in [0.15, 0.2) is 41.0 Å². The third-order valence-corrected chi connectivity index (χ3v) is 2.20. The van der Waals surface area contributed by atoms with Crippen LogP contribution in [0.1, 0.15) is 20.9 Å². The Morgan fingerprint density at radius 3 is 2.67 bits per heavy atom. The SMILES string of the molecule is O=C(Nc1ccc(F)c(C(=O)O)c1)c1ccco1. The van der Waals surface area contributed by atoms with Gasteiger partial charge in [-0.05, 0) is 30.3 Å². The molecule has 0 saturated carbocycles. The van der Waals surface area contributed by atoms with E-state index in [4.69, 9.17) is 9.52 Å². The van der Waals surface area contributed by atoms with Gasteiger partial charge in [-0.25, -0.2) is 9.18 Å². The summed E-state index contributed by atoms with van der Waals surface area (Å²) in [6.07, 6.45) is 1.34. The van der Waals surface area contributed by atoms with E-state index in [0.717, 1.165) is 12.1 Å². The van der Waals surface area contributed by atoms with E-state index in [1.807, 2.05) is 0 Å². The molecule has 0 fully saturated rings. The molecule has 0 bridgehead atoms. The molecule has 0 aliphatic rings. The van der Waals surface area contributed by atoms with Crippen molar-refractivity contribution >= 4 is 17.6 Å². The number of carboxylic acids is 1. The van der Waals surface area contributed by atoms with E-state index >= 15 is 0 Å². The van der Waals surface area contributed by atoms with E-state index in [0.29, 0.717) is 0 Å². The van der Waals surface area contributed by atoms with Crippen molar-refractivity contribution in [2.24, 2.45) is 0 Å². The zero-order valence-electron chi connectivity index (χ0n) is 9.01. The molecule has 1 heterocycles. The van der Waals surface area contributed by atoms with E-state index < -0.39 is 23.3 Å². The van der Waals surface area contributed by atoms with Gasteiger partial charge in [-0.3, -0.25) is 4.79 Å². The van der Waals surface area contributed by atoms with Gasteiger partial charge < -0.3 is 14.8 Å². The Kier molecular flexibility index (Phi) is 3.09. The summed E-state index contributed by atoms with van der Waals surface area (Å²) >= 11 is 0. The lowest BCUT2D eigenvalue weighted by Crippen LogP contribution is -2.12. The van der Waals surface area contributed by atoms with Crippen LogP contribution in [0.25, 0.3) is 0 Å². The number of amides is 1. The first-order valence-electron chi connectivity index (χ1n) is 4.95. The molecule has 1 amide bonds. The van der Waals surface area contributed by atoms with Gasteiger partial charge in [-0.2, -0.15) is 0 Å². The maximum atomic E-state index is 13.1. The summed E-state index contributed by atoms with van der Waals surface area (Å²) in [5.41, 5.74) is -0.331. The Bertz CT molecular complexity index is 592. The first-order chi connectivity index (χ1) is 8.58. The highest BCUT2D eigenvalue weighted by Crippen LogP contribution is 2.16. The summed E-state index contributed by atoms with van der Waals surface area (Å²) in [6, 6.07) is 6.28. The fraction of sp³-hybridized carbons (Fsp3) is 0. The molecular formula is C12H8FNO4. The molecule has 0 saturated heterocycles.